The molecule has 0 aliphatic heterocycles. The van der Waals surface area contributed by atoms with Gasteiger partial charge in [0.15, 0.2) is 0 Å². The van der Waals surface area contributed by atoms with E-state index in [0.717, 1.165) is 0 Å². The number of fused-ring (bicyclic) bond motifs is 1. The summed E-state index contributed by atoms with van der Waals surface area (Å²) in [6.45, 7) is 0. The first kappa shape index (κ1) is 8.68. The van der Waals surface area contributed by atoms with Crippen LogP contribution in [0.2, 0.25) is 0 Å². The molecule has 0 fully saturated rings. The van der Waals surface area contributed by atoms with Gasteiger partial charge in [-0.2, -0.15) is 0 Å². The minimum atomic E-state index is 1.24. The summed E-state index contributed by atoms with van der Waals surface area (Å²) in [6.07, 6.45) is 3.75. The third kappa shape index (κ3) is 1.44. The van der Waals surface area contributed by atoms with Crippen molar-refractivity contribution in [2.24, 2.45) is 0 Å². The predicted octanol–water partition coefficient (Wildman–Crippen LogP) is 3.44. The average Bonchev–Trinajstić information content (AvgIpc) is 2.12. The van der Waals surface area contributed by atoms with E-state index in [9.17, 15) is 0 Å². The van der Waals surface area contributed by atoms with Crippen LogP contribution in [0.15, 0.2) is 30.6 Å². The number of benzene rings is 1. The van der Waals surface area contributed by atoms with E-state index < -0.39 is 0 Å². The van der Waals surface area contributed by atoms with Gasteiger partial charge in [0.2, 0.25) is 0 Å². The molecular weight excluding hydrogens is 376 g/mol. The molecule has 0 aliphatic rings. The Kier molecular flexibility index (Phi) is 2.49. The fourth-order valence-electron chi connectivity index (χ4n) is 1.12. The largest absolute Gasteiger partial charge is 0.264 e. The van der Waals surface area contributed by atoms with Gasteiger partial charge in [0.05, 0.1) is 0 Å². The Labute approximate surface area is 97.9 Å². The highest BCUT2D eigenvalue weighted by molar-refractivity contribution is 14.1. The third-order valence-corrected chi connectivity index (χ3v) is 3.59. The van der Waals surface area contributed by atoms with Crippen LogP contribution in [0.3, 0.4) is 0 Å². The Balaban J connectivity index is 2.95. The van der Waals surface area contributed by atoms with E-state index in [1.165, 1.54) is 17.9 Å². The second-order valence-electron chi connectivity index (χ2n) is 2.45. The minimum absolute atomic E-state index is 1.24. The van der Waals surface area contributed by atoms with Gasteiger partial charge < -0.3 is 0 Å². The maximum absolute atomic E-state index is 4.11. The van der Waals surface area contributed by atoms with Crippen LogP contribution < -0.4 is 0 Å². The molecular formula is C9H5I2N. The number of rotatable bonds is 0. The van der Waals surface area contributed by atoms with Crippen molar-refractivity contribution in [3.8, 4) is 0 Å². The molecule has 0 saturated heterocycles. The summed E-state index contributed by atoms with van der Waals surface area (Å²) in [5.74, 6) is 0. The highest BCUT2D eigenvalue weighted by atomic mass is 127. The fraction of sp³-hybridized carbons (Fsp3) is 0. The molecule has 3 heteroatoms. The van der Waals surface area contributed by atoms with E-state index in [2.05, 4.69) is 68.4 Å². The molecule has 60 valence electrons. The molecule has 0 atom stereocenters. The standard InChI is InChI=1S/C9H5I2N/c10-8-1-2-9(11)7-5-12-4-3-6(7)8/h1-5H. The van der Waals surface area contributed by atoms with Crippen LogP contribution in [0.5, 0.6) is 0 Å². The lowest BCUT2D eigenvalue weighted by atomic mass is 10.2. The minimum Gasteiger partial charge on any atom is -0.264 e. The molecule has 0 spiro atoms. The van der Waals surface area contributed by atoms with Gasteiger partial charge >= 0.3 is 0 Å². The monoisotopic (exact) mass is 381 g/mol. The molecule has 0 aliphatic carbocycles. The molecule has 0 amide bonds. The molecule has 0 bridgehead atoms. The van der Waals surface area contributed by atoms with E-state index in [0.29, 0.717) is 0 Å². The summed E-state index contributed by atoms with van der Waals surface area (Å²) in [6, 6.07) is 6.30. The van der Waals surface area contributed by atoms with Crippen LogP contribution >= 0.6 is 45.2 Å². The second kappa shape index (κ2) is 3.45. The van der Waals surface area contributed by atoms with Crippen LogP contribution in [-0.2, 0) is 0 Å². The molecule has 0 radical (unpaired) electrons. The summed E-state index contributed by atoms with van der Waals surface area (Å²) in [5, 5.41) is 2.53. The SMILES string of the molecule is Ic1ccc(I)c2cnccc12. The van der Waals surface area contributed by atoms with Gasteiger partial charge in [0.25, 0.3) is 0 Å². The van der Waals surface area contributed by atoms with Crippen LogP contribution in [-0.4, -0.2) is 4.98 Å². The predicted molar refractivity (Wildman–Crippen MR) is 67.2 cm³/mol. The highest BCUT2D eigenvalue weighted by Gasteiger charge is 2.00. The van der Waals surface area contributed by atoms with Crippen LogP contribution in [0.1, 0.15) is 0 Å². The molecule has 1 aromatic carbocycles. The Morgan fingerprint density at radius 2 is 1.58 bits per heavy atom. The number of nitrogens with zero attached hydrogens (tertiary/aromatic N) is 1. The molecule has 0 N–H and O–H groups in total. The maximum Gasteiger partial charge on any atom is 0.0357 e. The number of aromatic nitrogens is 1. The Morgan fingerprint density at radius 3 is 2.25 bits per heavy atom. The first-order valence-electron chi connectivity index (χ1n) is 3.47. The Hall–Kier alpha value is 0.0900. The van der Waals surface area contributed by atoms with Crippen LogP contribution in [0.4, 0.5) is 0 Å². The molecule has 1 nitrogen and oxygen atoms in total. The molecule has 2 rings (SSSR count). The number of hydrogen-bond donors (Lipinski definition) is 0. The van der Waals surface area contributed by atoms with Gasteiger partial charge in [-0.3, -0.25) is 4.98 Å². The number of halogens is 2. The van der Waals surface area contributed by atoms with Crippen molar-refractivity contribution in [2.45, 2.75) is 0 Å². The Bertz CT molecular complexity index is 385. The van der Waals surface area contributed by atoms with Crippen molar-refractivity contribution in [3.63, 3.8) is 0 Å². The summed E-state index contributed by atoms with van der Waals surface area (Å²) in [5.41, 5.74) is 0. The smallest absolute Gasteiger partial charge is 0.0357 e. The summed E-state index contributed by atoms with van der Waals surface area (Å²) in [7, 11) is 0. The van der Waals surface area contributed by atoms with Gasteiger partial charge in [-0.25, -0.2) is 0 Å². The van der Waals surface area contributed by atoms with Crippen molar-refractivity contribution >= 4 is 56.0 Å². The van der Waals surface area contributed by atoms with Gasteiger partial charge in [0, 0.05) is 24.9 Å². The summed E-state index contributed by atoms with van der Waals surface area (Å²) < 4.78 is 2.54. The van der Waals surface area contributed by atoms with Gasteiger partial charge in [-0.1, -0.05) is 0 Å². The lowest BCUT2D eigenvalue weighted by molar-refractivity contribution is 1.36. The zero-order chi connectivity index (χ0) is 8.55. The van der Waals surface area contributed by atoms with Gasteiger partial charge in [0.1, 0.15) is 0 Å². The van der Waals surface area contributed by atoms with E-state index in [-0.39, 0.29) is 0 Å². The first-order chi connectivity index (χ1) is 5.79. The van der Waals surface area contributed by atoms with Crippen molar-refractivity contribution in [1.29, 1.82) is 0 Å². The van der Waals surface area contributed by atoms with Crippen molar-refractivity contribution in [2.75, 3.05) is 0 Å². The lowest BCUT2D eigenvalue weighted by Crippen LogP contribution is -1.82. The van der Waals surface area contributed by atoms with E-state index >= 15 is 0 Å². The average molecular weight is 381 g/mol. The highest BCUT2D eigenvalue weighted by Crippen LogP contribution is 2.23. The van der Waals surface area contributed by atoms with Crippen molar-refractivity contribution in [3.05, 3.63) is 37.7 Å². The van der Waals surface area contributed by atoms with Gasteiger partial charge in [-0.05, 0) is 68.8 Å². The second-order valence-corrected chi connectivity index (χ2v) is 4.77. The molecule has 0 unspecified atom stereocenters. The fourth-order valence-corrected chi connectivity index (χ4v) is 2.38. The topological polar surface area (TPSA) is 12.9 Å². The summed E-state index contributed by atoms with van der Waals surface area (Å²) >= 11 is 4.68. The third-order valence-electron chi connectivity index (χ3n) is 1.71. The lowest BCUT2D eigenvalue weighted by Gasteiger charge is -2.00. The van der Waals surface area contributed by atoms with Gasteiger partial charge in [-0.15, -0.1) is 0 Å². The van der Waals surface area contributed by atoms with Crippen molar-refractivity contribution in [1.82, 2.24) is 4.98 Å². The summed E-state index contributed by atoms with van der Waals surface area (Å²) in [4.78, 5) is 4.11. The normalized spacial score (nSPS) is 10.5. The van der Waals surface area contributed by atoms with Crippen molar-refractivity contribution < 1.29 is 0 Å². The zero-order valence-corrected chi connectivity index (χ0v) is 10.4. The molecule has 12 heavy (non-hydrogen) atoms. The van der Waals surface area contributed by atoms with E-state index in [1.54, 1.807) is 0 Å². The molecule has 0 saturated carbocycles. The van der Waals surface area contributed by atoms with E-state index in [4.69, 9.17) is 0 Å². The number of pyridine rings is 1. The first-order valence-corrected chi connectivity index (χ1v) is 5.62. The molecule has 1 heterocycles. The Morgan fingerprint density at radius 1 is 0.917 bits per heavy atom. The van der Waals surface area contributed by atoms with Crippen LogP contribution in [0, 0.1) is 7.14 Å². The number of hydrogen-bond acceptors (Lipinski definition) is 1. The zero-order valence-electron chi connectivity index (χ0n) is 6.09. The quantitative estimate of drug-likeness (QED) is 0.638. The molecule has 1 aromatic heterocycles. The van der Waals surface area contributed by atoms with E-state index in [1.807, 2.05) is 12.4 Å². The molecule has 2 aromatic rings. The van der Waals surface area contributed by atoms with Crippen LogP contribution in [0.25, 0.3) is 10.8 Å². The maximum atomic E-state index is 4.11.